The summed E-state index contributed by atoms with van der Waals surface area (Å²) >= 11 is 5.30. The molecule has 2 aromatic rings. The monoisotopic (exact) mass is 321 g/mol. The third-order valence-electron chi connectivity index (χ3n) is 2.59. The molecule has 0 heterocycles. The highest BCUT2D eigenvalue weighted by atomic mass is 79.9. The fourth-order valence-electron chi connectivity index (χ4n) is 1.75. The molecule has 0 saturated carbocycles. The first kappa shape index (κ1) is 13.7. The van der Waals surface area contributed by atoms with E-state index in [-0.39, 0.29) is 6.04 Å². The van der Waals surface area contributed by atoms with E-state index in [4.69, 9.17) is 5.73 Å². The second kappa shape index (κ2) is 6.98. The molecule has 2 N–H and O–H groups in total. The smallest absolute Gasteiger partial charge is 0.0178 e. The van der Waals surface area contributed by atoms with E-state index in [2.05, 4.69) is 58.4 Å². The lowest BCUT2D eigenvalue weighted by atomic mass is 10.1. The molecule has 0 fully saturated rings. The minimum Gasteiger partial charge on any atom is -0.327 e. The lowest BCUT2D eigenvalue weighted by molar-refractivity contribution is 0.748. The molecular weight excluding hydrogens is 306 g/mol. The van der Waals surface area contributed by atoms with E-state index in [0.29, 0.717) is 0 Å². The summed E-state index contributed by atoms with van der Waals surface area (Å²) in [5.74, 6) is 0.941. The molecule has 0 aliphatic heterocycles. The van der Waals surface area contributed by atoms with Gasteiger partial charge in [0.2, 0.25) is 0 Å². The second-order valence-electron chi connectivity index (χ2n) is 4.22. The Morgan fingerprint density at radius 3 is 2.56 bits per heavy atom. The minimum atomic E-state index is 0.185. The Balaban J connectivity index is 1.84. The fourth-order valence-corrected chi connectivity index (χ4v) is 3.07. The van der Waals surface area contributed by atoms with Gasteiger partial charge in [0.1, 0.15) is 0 Å². The Morgan fingerprint density at radius 2 is 1.83 bits per heavy atom. The van der Waals surface area contributed by atoms with E-state index in [0.717, 1.165) is 16.6 Å². The molecule has 2 rings (SSSR count). The standard InChI is InChI=1S/C15H16BrNS/c16-13-6-4-5-12(9-13)10-14(17)11-18-15-7-2-1-3-8-15/h1-9,14H,10-11,17H2. The van der Waals surface area contributed by atoms with Crippen molar-refractivity contribution >= 4 is 27.7 Å². The van der Waals surface area contributed by atoms with Crippen LogP contribution in [0.2, 0.25) is 0 Å². The molecule has 0 bridgehead atoms. The quantitative estimate of drug-likeness (QED) is 0.838. The number of thioether (sulfide) groups is 1. The number of halogens is 1. The maximum atomic E-state index is 6.17. The molecule has 0 amide bonds. The predicted molar refractivity (Wildman–Crippen MR) is 83.0 cm³/mol. The van der Waals surface area contributed by atoms with Crippen LogP contribution in [0.5, 0.6) is 0 Å². The van der Waals surface area contributed by atoms with E-state index in [9.17, 15) is 0 Å². The van der Waals surface area contributed by atoms with Crippen LogP contribution in [-0.2, 0) is 6.42 Å². The summed E-state index contributed by atoms with van der Waals surface area (Å²) in [4.78, 5) is 1.28. The van der Waals surface area contributed by atoms with E-state index < -0.39 is 0 Å². The third-order valence-corrected chi connectivity index (χ3v) is 4.29. The summed E-state index contributed by atoms with van der Waals surface area (Å²) in [7, 11) is 0. The van der Waals surface area contributed by atoms with Crippen molar-refractivity contribution in [2.45, 2.75) is 17.4 Å². The molecule has 0 spiro atoms. The van der Waals surface area contributed by atoms with Crippen LogP contribution in [0.1, 0.15) is 5.56 Å². The van der Waals surface area contributed by atoms with Gasteiger partial charge in [-0.3, -0.25) is 0 Å². The number of benzene rings is 2. The van der Waals surface area contributed by atoms with Crippen LogP contribution in [0.25, 0.3) is 0 Å². The van der Waals surface area contributed by atoms with Crippen molar-refractivity contribution < 1.29 is 0 Å². The maximum absolute atomic E-state index is 6.17. The van der Waals surface area contributed by atoms with Crippen molar-refractivity contribution in [3.63, 3.8) is 0 Å². The van der Waals surface area contributed by atoms with Crippen LogP contribution in [0, 0.1) is 0 Å². The molecule has 3 heteroatoms. The van der Waals surface area contributed by atoms with Gasteiger partial charge in [0.05, 0.1) is 0 Å². The zero-order chi connectivity index (χ0) is 12.8. The van der Waals surface area contributed by atoms with Crippen molar-refractivity contribution in [3.05, 3.63) is 64.6 Å². The van der Waals surface area contributed by atoms with E-state index in [1.165, 1.54) is 10.5 Å². The van der Waals surface area contributed by atoms with Gasteiger partial charge in [-0.2, -0.15) is 0 Å². The molecule has 0 radical (unpaired) electrons. The molecular formula is C15H16BrNS. The summed E-state index contributed by atoms with van der Waals surface area (Å²) in [6.07, 6.45) is 0.916. The van der Waals surface area contributed by atoms with Crippen molar-refractivity contribution in [1.29, 1.82) is 0 Å². The number of hydrogen-bond donors (Lipinski definition) is 1. The van der Waals surface area contributed by atoms with E-state index in [1.807, 2.05) is 23.9 Å². The number of nitrogens with two attached hydrogens (primary N) is 1. The minimum absolute atomic E-state index is 0.185. The Bertz CT molecular complexity index is 487. The fraction of sp³-hybridized carbons (Fsp3) is 0.200. The lowest BCUT2D eigenvalue weighted by Gasteiger charge is -2.11. The van der Waals surface area contributed by atoms with Crippen LogP contribution < -0.4 is 5.73 Å². The molecule has 0 saturated heterocycles. The summed E-state index contributed by atoms with van der Waals surface area (Å²) in [6.45, 7) is 0. The van der Waals surface area contributed by atoms with Crippen LogP contribution in [0.15, 0.2) is 64.0 Å². The van der Waals surface area contributed by atoms with Gasteiger partial charge in [-0.1, -0.05) is 46.3 Å². The van der Waals surface area contributed by atoms with Crippen LogP contribution in [0.4, 0.5) is 0 Å². The summed E-state index contributed by atoms with van der Waals surface area (Å²) in [5, 5.41) is 0. The molecule has 18 heavy (non-hydrogen) atoms. The van der Waals surface area contributed by atoms with Gasteiger partial charge in [0.25, 0.3) is 0 Å². The average Bonchev–Trinajstić information content (AvgIpc) is 2.38. The van der Waals surface area contributed by atoms with Crippen LogP contribution in [-0.4, -0.2) is 11.8 Å². The topological polar surface area (TPSA) is 26.0 Å². The van der Waals surface area contributed by atoms with Gasteiger partial charge in [0, 0.05) is 21.2 Å². The van der Waals surface area contributed by atoms with Gasteiger partial charge in [-0.15, -0.1) is 11.8 Å². The largest absolute Gasteiger partial charge is 0.327 e. The van der Waals surface area contributed by atoms with Gasteiger partial charge < -0.3 is 5.73 Å². The van der Waals surface area contributed by atoms with E-state index >= 15 is 0 Å². The SMILES string of the molecule is NC(CSc1ccccc1)Cc1cccc(Br)c1. The van der Waals surface area contributed by atoms with Gasteiger partial charge >= 0.3 is 0 Å². The first-order valence-electron chi connectivity index (χ1n) is 5.92. The van der Waals surface area contributed by atoms with Gasteiger partial charge in [-0.25, -0.2) is 0 Å². The Morgan fingerprint density at radius 1 is 1.06 bits per heavy atom. The third kappa shape index (κ3) is 4.48. The molecule has 94 valence electrons. The molecule has 0 aromatic heterocycles. The predicted octanol–water partition coefficient (Wildman–Crippen LogP) is 4.11. The number of rotatable bonds is 5. The highest BCUT2D eigenvalue weighted by Crippen LogP contribution is 2.19. The molecule has 1 nitrogen and oxygen atoms in total. The van der Waals surface area contributed by atoms with Crippen molar-refractivity contribution in [1.82, 2.24) is 0 Å². The molecule has 1 atom stereocenters. The Kier molecular flexibility index (Phi) is 5.29. The molecule has 0 aliphatic rings. The van der Waals surface area contributed by atoms with Crippen molar-refractivity contribution in [3.8, 4) is 0 Å². The zero-order valence-electron chi connectivity index (χ0n) is 10.1. The summed E-state index contributed by atoms with van der Waals surface area (Å²) in [6, 6.07) is 18.9. The highest BCUT2D eigenvalue weighted by Gasteiger charge is 2.05. The van der Waals surface area contributed by atoms with Crippen LogP contribution >= 0.6 is 27.7 Å². The lowest BCUT2D eigenvalue weighted by Crippen LogP contribution is -2.25. The van der Waals surface area contributed by atoms with Crippen LogP contribution in [0.3, 0.4) is 0 Å². The molecule has 1 unspecified atom stereocenters. The Hall–Kier alpha value is -0.770. The molecule has 2 aromatic carbocycles. The van der Waals surface area contributed by atoms with Crippen molar-refractivity contribution in [2.24, 2.45) is 5.73 Å². The van der Waals surface area contributed by atoms with Gasteiger partial charge in [-0.05, 0) is 36.2 Å². The van der Waals surface area contributed by atoms with E-state index in [1.54, 1.807) is 0 Å². The second-order valence-corrected chi connectivity index (χ2v) is 6.23. The molecule has 0 aliphatic carbocycles. The summed E-state index contributed by atoms with van der Waals surface area (Å²) in [5.41, 5.74) is 7.45. The average molecular weight is 322 g/mol. The summed E-state index contributed by atoms with van der Waals surface area (Å²) < 4.78 is 1.11. The maximum Gasteiger partial charge on any atom is 0.0178 e. The first-order chi connectivity index (χ1) is 8.74. The zero-order valence-corrected chi connectivity index (χ0v) is 12.5. The Labute approximate surface area is 121 Å². The van der Waals surface area contributed by atoms with Gasteiger partial charge in [0.15, 0.2) is 0 Å². The highest BCUT2D eigenvalue weighted by molar-refractivity contribution is 9.10. The number of hydrogen-bond acceptors (Lipinski definition) is 2. The van der Waals surface area contributed by atoms with Crippen molar-refractivity contribution in [2.75, 3.05) is 5.75 Å². The normalized spacial score (nSPS) is 12.3. The first-order valence-corrected chi connectivity index (χ1v) is 7.70.